The summed E-state index contributed by atoms with van der Waals surface area (Å²) in [5, 5.41) is 7.27. The van der Waals surface area contributed by atoms with Gasteiger partial charge in [-0.15, -0.1) is 0 Å². The maximum absolute atomic E-state index is 7.03. The fourth-order valence-corrected chi connectivity index (χ4v) is 1.84. The third-order valence-corrected chi connectivity index (χ3v) is 3.01. The molecule has 1 fully saturated rings. The first-order valence-electron chi connectivity index (χ1n) is 4.84. The van der Waals surface area contributed by atoms with Crippen LogP contribution in [0.2, 0.25) is 0 Å². The Morgan fingerprint density at radius 3 is 2.85 bits per heavy atom. The first kappa shape index (κ1) is 10.9. The summed E-state index contributed by atoms with van der Waals surface area (Å²) in [4.78, 5) is 2.39. The third-order valence-electron chi connectivity index (χ3n) is 2.21. The molecule has 1 saturated carbocycles. The molecule has 4 heteroatoms. The molecule has 0 aliphatic heterocycles. The normalized spacial score (nSPS) is 16.5. The molecule has 0 bridgehead atoms. The molecule has 13 heavy (non-hydrogen) atoms. The highest BCUT2D eigenvalue weighted by molar-refractivity contribution is 8.13. The Labute approximate surface area is 84.6 Å². The lowest BCUT2D eigenvalue weighted by Gasteiger charge is -2.15. The van der Waals surface area contributed by atoms with Crippen molar-refractivity contribution in [2.75, 3.05) is 25.9 Å². The van der Waals surface area contributed by atoms with Crippen LogP contribution in [0.3, 0.4) is 0 Å². The molecule has 0 aromatic heterocycles. The summed E-state index contributed by atoms with van der Waals surface area (Å²) in [6.45, 7) is 2.39. The van der Waals surface area contributed by atoms with E-state index in [2.05, 4.69) is 11.9 Å². The summed E-state index contributed by atoms with van der Waals surface area (Å²) in [5.41, 5.74) is 5.23. The van der Waals surface area contributed by atoms with Crippen molar-refractivity contribution in [3.8, 4) is 0 Å². The zero-order valence-electron chi connectivity index (χ0n) is 8.25. The standard InChI is InChI=1S/C9H19N3S/c1-12(7-8-3-4-8)5-2-6-13-9(10)11/h8H,2-7H2,1H3,(H3,10,11). The molecule has 1 aliphatic rings. The summed E-state index contributed by atoms with van der Waals surface area (Å²) in [7, 11) is 2.18. The van der Waals surface area contributed by atoms with Crippen LogP contribution in [-0.4, -0.2) is 36.0 Å². The molecule has 3 nitrogen and oxygen atoms in total. The molecule has 1 aliphatic carbocycles. The predicted octanol–water partition coefficient (Wildman–Crippen LogP) is 1.34. The van der Waals surface area contributed by atoms with Gasteiger partial charge in [-0.1, -0.05) is 11.8 Å². The first-order chi connectivity index (χ1) is 6.18. The van der Waals surface area contributed by atoms with Gasteiger partial charge in [0.05, 0.1) is 0 Å². The molecule has 0 aromatic rings. The van der Waals surface area contributed by atoms with Gasteiger partial charge in [-0.25, -0.2) is 0 Å². The zero-order chi connectivity index (χ0) is 9.68. The molecule has 0 amide bonds. The Bertz CT molecular complexity index is 168. The van der Waals surface area contributed by atoms with Gasteiger partial charge in [0.1, 0.15) is 0 Å². The average Bonchev–Trinajstić information content (AvgIpc) is 2.81. The van der Waals surface area contributed by atoms with Gasteiger partial charge in [0.2, 0.25) is 0 Å². The van der Waals surface area contributed by atoms with E-state index in [9.17, 15) is 0 Å². The van der Waals surface area contributed by atoms with E-state index in [1.54, 1.807) is 0 Å². The Balaban J connectivity index is 1.88. The molecule has 0 unspecified atom stereocenters. The highest BCUT2D eigenvalue weighted by atomic mass is 32.2. The summed E-state index contributed by atoms with van der Waals surface area (Å²) in [5.74, 6) is 1.95. The number of nitrogens with one attached hydrogen (secondary N) is 1. The lowest BCUT2D eigenvalue weighted by atomic mass is 10.3. The molecule has 0 saturated heterocycles. The van der Waals surface area contributed by atoms with Crippen LogP contribution >= 0.6 is 11.8 Å². The Hall–Kier alpha value is -0.220. The molecule has 0 radical (unpaired) electrons. The second-order valence-corrected chi connectivity index (χ2v) is 4.91. The van der Waals surface area contributed by atoms with E-state index >= 15 is 0 Å². The molecule has 1 rings (SSSR count). The monoisotopic (exact) mass is 201 g/mol. The number of rotatable bonds is 6. The van der Waals surface area contributed by atoms with Crippen LogP contribution in [-0.2, 0) is 0 Å². The maximum Gasteiger partial charge on any atom is 0.151 e. The van der Waals surface area contributed by atoms with E-state index in [4.69, 9.17) is 11.1 Å². The number of hydrogen-bond donors (Lipinski definition) is 2. The van der Waals surface area contributed by atoms with Crippen molar-refractivity contribution in [1.82, 2.24) is 4.90 Å². The molecule has 0 aromatic carbocycles. The Morgan fingerprint density at radius 2 is 2.31 bits per heavy atom. The van der Waals surface area contributed by atoms with Crippen LogP contribution in [0, 0.1) is 11.3 Å². The van der Waals surface area contributed by atoms with Crippen LogP contribution in [0.4, 0.5) is 0 Å². The average molecular weight is 201 g/mol. The Morgan fingerprint density at radius 1 is 1.62 bits per heavy atom. The van der Waals surface area contributed by atoms with Gasteiger partial charge in [-0.3, -0.25) is 5.41 Å². The van der Waals surface area contributed by atoms with Gasteiger partial charge in [0.15, 0.2) is 5.17 Å². The van der Waals surface area contributed by atoms with Gasteiger partial charge < -0.3 is 10.6 Å². The van der Waals surface area contributed by atoms with E-state index in [0.29, 0.717) is 0 Å². The van der Waals surface area contributed by atoms with Crippen LogP contribution in [0.15, 0.2) is 0 Å². The number of nitrogens with two attached hydrogens (primary N) is 1. The summed E-state index contributed by atoms with van der Waals surface area (Å²) >= 11 is 1.44. The minimum Gasteiger partial charge on any atom is -0.379 e. The number of nitrogens with zero attached hydrogens (tertiary/aromatic N) is 1. The van der Waals surface area contributed by atoms with Crippen molar-refractivity contribution in [1.29, 1.82) is 5.41 Å². The Kier molecular flexibility index (Phi) is 4.59. The van der Waals surface area contributed by atoms with Gasteiger partial charge >= 0.3 is 0 Å². The van der Waals surface area contributed by atoms with E-state index in [1.165, 1.54) is 31.1 Å². The van der Waals surface area contributed by atoms with Gasteiger partial charge in [0.25, 0.3) is 0 Å². The van der Waals surface area contributed by atoms with Gasteiger partial charge in [-0.2, -0.15) is 0 Å². The number of thioether (sulfide) groups is 1. The van der Waals surface area contributed by atoms with Crippen LogP contribution < -0.4 is 5.73 Å². The van der Waals surface area contributed by atoms with E-state index in [1.807, 2.05) is 0 Å². The summed E-state index contributed by atoms with van der Waals surface area (Å²) in [6, 6.07) is 0. The lowest BCUT2D eigenvalue weighted by Crippen LogP contribution is -2.22. The SMILES string of the molecule is CN(CCCSC(=N)N)CC1CC1. The van der Waals surface area contributed by atoms with Crippen molar-refractivity contribution in [3.63, 3.8) is 0 Å². The van der Waals surface area contributed by atoms with Gasteiger partial charge in [0, 0.05) is 12.3 Å². The molecular formula is C9H19N3S. The largest absolute Gasteiger partial charge is 0.379 e. The van der Waals surface area contributed by atoms with Crippen molar-refractivity contribution in [3.05, 3.63) is 0 Å². The molecule has 0 spiro atoms. The van der Waals surface area contributed by atoms with E-state index in [0.717, 1.165) is 24.6 Å². The topological polar surface area (TPSA) is 53.1 Å². The highest BCUT2D eigenvalue weighted by Crippen LogP contribution is 2.29. The van der Waals surface area contributed by atoms with Crippen molar-refractivity contribution in [2.45, 2.75) is 19.3 Å². The molecule has 0 heterocycles. The van der Waals surface area contributed by atoms with Crippen LogP contribution in [0.25, 0.3) is 0 Å². The quantitative estimate of drug-likeness (QED) is 0.387. The van der Waals surface area contributed by atoms with Crippen LogP contribution in [0.1, 0.15) is 19.3 Å². The van der Waals surface area contributed by atoms with E-state index in [-0.39, 0.29) is 5.17 Å². The van der Waals surface area contributed by atoms with Crippen molar-refractivity contribution >= 4 is 16.9 Å². The number of hydrogen-bond acceptors (Lipinski definition) is 3. The highest BCUT2D eigenvalue weighted by Gasteiger charge is 2.22. The minimum atomic E-state index is 0.241. The maximum atomic E-state index is 7.03. The molecule has 3 N–H and O–H groups in total. The second kappa shape index (κ2) is 5.50. The smallest absolute Gasteiger partial charge is 0.151 e. The van der Waals surface area contributed by atoms with Crippen molar-refractivity contribution < 1.29 is 0 Å². The van der Waals surface area contributed by atoms with E-state index < -0.39 is 0 Å². The summed E-state index contributed by atoms with van der Waals surface area (Å²) < 4.78 is 0. The molecule has 0 atom stereocenters. The lowest BCUT2D eigenvalue weighted by molar-refractivity contribution is 0.322. The summed E-state index contributed by atoms with van der Waals surface area (Å²) in [6.07, 6.45) is 3.98. The molecule has 76 valence electrons. The number of amidine groups is 1. The molecular weight excluding hydrogens is 182 g/mol. The first-order valence-corrected chi connectivity index (χ1v) is 5.82. The minimum absolute atomic E-state index is 0.241. The fourth-order valence-electron chi connectivity index (χ4n) is 1.35. The van der Waals surface area contributed by atoms with Gasteiger partial charge in [-0.05, 0) is 38.8 Å². The van der Waals surface area contributed by atoms with Crippen molar-refractivity contribution in [2.24, 2.45) is 11.7 Å². The van der Waals surface area contributed by atoms with Crippen LogP contribution in [0.5, 0.6) is 0 Å². The second-order valence-electron chi connectivity index (χ2n) is 3.77. The fraction of sp³-hybridized carbons (Fsp3) is 0.889. The predicted molar refractivity (Wildman–Crippen MR) is 59.2 cm³/mol. The zero-order valence-corrected chi connectivity index (χ0v) is 9.07. The third kappa shape index (κ3) is 5.93.